The molecule has 0 aliphatic heterocycles. The van der Waals surface area contributed by atoms with Crippen LogP contribution in [0.2, 0.25) is 0 Å². The van der Waals surface area contributed by atoms with Gasteiger partial charge in [-0.25, -0.2) is 4.79 Å². The Morgan fingerprint density at radius 1 is 0.886 bits per heavy atom. The van der Waals surface area contributed by atoms with Crippen LogP contribution in [-0.2, 0) is 34.4 Å². The highest BCUT2D eigenvalue weighted by molar-refractivity contribution is 7.98. The monoisotopic (exact) mass is 501 g/mol. The summed E-state index contributed by atoms with van der Waals surface area (Å²) in [5.41, 5.74) is 7.33. The molecule has 3 atom stereocenters. The van der Waals surface area contributed by atoms with Gasteiger partial charge >= 0.3 is 11.9 Å². The van der Waals surface area contributed by atoms with Crippen LogP contribution in [0.5, 0.6) is 0 Å². The van der Waals surface area contributed by atoms with Gasteiger partial charge in [0, 0.05) is 17.9 Å². The summed E-state index contributed by atoms with van der Waals surface area (Å²) in [7, 11) is 2.46. The molecule has 0 spiro atoms. The summed E-state index contributed by atoms with van der Waals surface area (Å²) < 4.78 is 9.43. The maximum absolute atomic E-state index is 13.2. The van der Waals surface area contributed by atoms with Crippen molar-refractivity contribution in [2.24, 2.45) is 5.73 Å². The minimum Gasteiger partial charge on any atom is -0.468 e. The molecule has 3 unspecified atom stereocenters. The highest BCUT2D eigenvalue weighted by Crippen LogP contribution is 2.17. The number of amides is 2. The van der Waals surface area contributed by atoms with E-state index >= 15 is 0 Å². The maximum atomic E-state index is 13.2. The van der Waals surface area contributed by atoms with Gasteiger partial charge in [-0.3, -0.25) is 14.4 Å². The van der Waals surface area contributed by atoms with E-state index in [0.29, 0.717) is 11.3 Å². The number of methoxy groups -OCH3 is 2. The van der Waals surface area contributed by atoms with E-state index in [2.05, 4.69) is 15.4 Å². The van der Waals surface area contributed by atoms with Crippen molar-refractivity contribution in [2.75, 3.05) is 20.0 Å². The van der Waals surface area contributed by atoms with Crippen molar-refractivity contribution >= 4 is 35.5 Å². The first-order valence-corrected chi connectivity index (χ1v) is 12.2. The van der Waals surface area contributed by atoms with E-state index in [4.69, 9.17) is 10.5 Å². The first-order chi connectivity index (χ1) is 16.8. The van der Waals surface area contributed by atoms with E-state index in [1.54, 1.807) is 30.3 Å². The fourth-order valence-corrected chi connectivity index (χ4v) is 4.18. The van der Waals surface area contributed by atoms with Crippen molar-refractivity contribution in [1.82, 2.24) is 10.6 Å². The summed E-state index contributed by atoms with van der Waals surface area (Å²) in [6.45, 7) is 0. The predicted octanol–water partition coefficient (Wildman–Crippen LogP) is 1.72. The molecule has 0 aliphatic carbocycles. The maximum Gasteiger partial charge on any atom is 0.333 e. The van der Waals surface area contributed by atoms with Crippen LogP contribution in [0.1, 0.15) is 30.0 Å². The number of esters is 2. The van der Waals surface area contributed by atoms with E-state index in [-0.39, 0.29) is 18.6 Å². The average molecular weight is 502 g/mol. The second-order valence-electron chi connectivity index (χ2n) is 7.66. The predicted molar refractivity (Wildman–Crippen MR) is 133 cm³/mol. The molecule has 35 heavy (non-hydrogen) atoms. The lowest BCUT2D eigenvalue weighted by Crippen LogP contribution is -2.50. The van der Waals surface area contributed by atoms with Gasteiger partial charge in [0.05, 0.1) is 14.2 Å². The third kappa shape index (κ3) is 9.42. The number of hydrogen-bond acceptors (Lipinski definition) is 8. The molecule has 0 aromatic heterocycles. The van der Waals surface area contributed by atoms with E-state index in [1.807, 2.05) is 30.3 Å². The highest BCUT2D eigenvalue weighted by Gasteiger charge is 2.28. The average Bonchev–Trinajstić information content (AvgIpc) is 2.89. The number of thioether (sulfide) groups is 1. The zero-order valence-electron chi connectivity index (χ0n) is 19.8. The van der Waals surface area contributed by atoms with Gasteiger partial charge in [0.15, 0.2) is 6.04 Å². The van der Waals surface area contributed by atoms with E-state index in [0.717, 1.165) is 5.56 Å². The number of rotatable bonds is 13. The smallest absolute Gasteiger partial charge is 0.333 e. The van der Waals surface area contributed by atoms with Crippen LogP contribution in [0, 0.1) is 0 Å². The Balaban J connectivity index is 2.09. The summed E-state index contributed by atoms with van der Waals surface area (Å²) >= 11 is 1.46. The van der Waals surface area contributed by atoms with Gasteiger partial charge in [-0.15, -0.1) is 0 Å². The van der Waals surface area contributed by atoms with Crippen molar-refractivity contribution < 1.29 is 28.7 Å². The van der Waals surface area contributed by atoms with Crippen molar-refractivity contribution in [1.29, 1.82) is 0 Å². The van der Waals surface area contributed by atoms with Crippen LogP contribution in [0.15, 0.2) is 60.7 Å². The second kappa shape index (κ2) is 14.8. The van der Waals surface area contributed by atoms with Gasteiger partial charge in [0.25, 0.3) is 0 Å². The molecule has 0 radical (unpaired) electrons. The first kappa shape index (κ1) is 27.9. The summed E-state index contributed by atoms with van der Waals surface area (Å²) in [5.74, 6) is -1.33. The van der Waals surface area contributed by atoms with Crippen LogP contribution in [0.3, 0.4) is 0 Å². The van der Waals surface area contributed by atoms with Gasteiger partial charge in [-0.05, 0) is 17.5 Å². The van der Waals surface area contributed by atoms with Gasteiger partial charge in [0.2, 0.25) is 11.8 Å². The van der Waals surface area contributed by atoms with Crippen molar-refractivity contribution in [3.63, 3.8) is 0 Å². The molecule has 10 heteroatoms. The fourth-order valence-electron chi connectivity index (χ4n) is 3.16. The Bertz CT molecular complexity index is 974. The third-order valence-corrected chi connectivity index (χ3v) is 6.20. The summed E-state index contributed by atoms with van der Waals surface area (Å²) in [6, 6.07) is 15.5. The zero-order chi connectivity index (χ0) is 25.6. The largest absolute Gasteiger partial charge is 0.468 e. The molecule has 0 fully saturated rings. The lowest BCUT2D eigenvalue weighted by molar-refractivity contribution is -0.145. The molecule has 188 valence electrons. The Morgan fingerprint density at radius 2 is 1.49 bits per heavy atom. The number of benzene rings is 2. The minimum absolute atomic E-state index is 0.0670. The highest BCUT2D eigenvalue weighted by atomic mass is 32.2. The van der Waals surface area contributed by atoms with Crippen LogP contribution >= 0.6 is 11.8 Å². The standard InChI is InChI=1S/C25H31N3O6S/c1-33-24(31)19(26)13-14-21(29)27-20(16-35-15-17-9-5-3-6-10-17)23(30)28-22(25(32)34-2)18-11-7-4-8-12-18/h3-12,19-20,22H,13-16,26H2,1-2H3,(H,27,29)(H,28,30). The quantitative estimate of drug-likeness (QED) is 0.353. The molecule has 4 N–H and O–H groups in total. The summed E-state index contributed by atoms with van der Waals surface area (Å²) in [4.78, 5) is 49.6. The Hall–Kier alpha value is -3.37. The molecule has 0 saturated carbocycles. The number of carbonyl (C=O) groups excluding carboxylic acids is 4. The van der Waals surface area contributed by atoms with E-state index in [9.17, 15) is 19.2 Å². The number of nitrogens with two attached hydrogens (primary N) is 1. The molecule has 0 bridgehead atoms. The fraction of sp³-hybridized carbons (Fsp3) is 0.360. The van der Waals surface area contributed by atoms with Gasteiger partial charge in [-0.2, -0.15) is 11.8 Å². The van der Waals surface area contributed by atoms with Crippen LogP contribution < -0.4 is 16.4 Å². The van der Waals surface area contributed by atoms with Crippen LogP contribution in [-0.4, -0.2) is 55.8 Å². The number of nitrogens with one attached hydrogen (secondary N) is 2. The van der Waals surface area contributed by atoms with Crippen LogP contribution in [0.4, 0.5) is 0 Å². The Kier molecular flexibility index (Phi) is 11.8. The first-order valence-electron chi connectivity index (χ1n) is 11.0. The molecule has 2 aromatic rings. The topological polar surface area (TPSA) is 137 Å². The van der Waals surface area contributed by atoms with Gasteiger partial charge in [-0.1, -0.05) is 60.7 Å². The zero-order valence-corrected chi connectivity index (χ0v) is 20.6. The molecule has 9 nitrogen and oxygen atoms in total. The van der Waals surface area contributed by atoms with Crippen molar-refractivity contribution in [3.05, 3.63) is 71.8 Å². The minimum atomic E-state index is -1.03. The number of ether oxygens (including phenoxy) is 2. The van der Waals surface area contributed by atoms with Gasteiger partial charge in [0.1, 0.15) is 12.1 Å². The molecule has 2 amide bonds. The SMILES string of the molecule is COC(=O)C(N)CCC(=O)NC(CSCc1ccccc1)C(=O)NC(C(=O)OC)c1ccccc1. The number of hydrogen-bond donors (Lipinski definition) is 3. The number of carbonyl (C=O) groups is 4. The molecule has 0 heterocycles. The van der Waals surface area contributed by atoms with Crippen LogP contribution in [0.25, 0.3) is 0 Å². The summed E-state index contributed by atoms with van der Waals surface area (Å²) in [6.07, 6.45) is 0.00131. The normalized spacial score (nSPS) is 13.1. The Morgan fingerprint density at radius 3 is 2.09 bits per heavy atom. The molecule has 2 rings (SSSR count). The molecular weight excluding hydrogens is 470 g/mol. The molecule has 2 aromatic carbocycles. The van der Waals surface area contributed by atoms with Crippen molar-refractivity contribution in [2.45, 2.75) is 36.7 Å². The van der Waals surface area contributed by atoms with E-state index < -0.39 is 41.9 Å². The van der Waals surface area contributed by atoms with Crippen molar-refractivity contribution in [3.8, 4) is 0 Å². The molecule has 0 saturated heterocycles. The third-order valence-electron chi connectivity index (χ3n) is 5.09. The lowest BCUT2D eigenvalue weighted by atomic mass is 10.1. The summed E-state index contributed by atoms with van der Waals surface area (Å²) in [5, 5.41) is 5.39. The second-order valence-corrected chi connectivity index (χ2v) is 8.69. The van der Waals surface area contributed by atoms with Gasteiger partial charge < -0.3 is 25.8 Å². The van der Waals surface area contributed by atoms with E-state index in [1.165, 1.54) is 26.0 Å². The lowest BCUT2D eigenvalue weighted by Gasteiger charge is -2.22. The molecule has 0 aliphatic rings. The molecular formula is C25H31N3O6S. The Labute approximate surface area is 209 Å².